The molecule has 150 valence electrons. The van der Waals surface area contributed by atoms with Crippen LogP contribution in [0.15, 0.2) is 54.6 Å². The first-order valence-corrected chi connectivity index (χ1v) is 10.1. The molecule has 1 saturated heterocycles. The number of hydrogen-bond donors (Lipinski definition) is 1. The lowest BCUT2D eigenvalue weighted by Gasteiger charge is -2.32. The van der Waals surface area contributed by atoms with Crippen molar-refractivity contribution in [1.29, 1.82) is 0 Å². The van der Waals surface area contributed by atoms with Crippen molar-refractivity contribution >= 4 is 5.91 Å². The summed E-state index contributed by atoms with van der Waals surface area (Å²) < 4.78 is 13.9. The molecule has 1 unspecified atom stereocenters. The van der Waals surface area contributed by atoms with Crippen LogP contribution in [0.5, 0.6) is 0 Å². The summed E-state index contributed by atoms with van der Waals surface area (Å²) in [5, 5.41) is 0. The van der Waals surface area contributed by atoms with Gasteiger partial charge in [0, 0.05) is 26.1 Å². The number of hydrogen-bond acceptors (Lipinski definition) is 3. The topological polar surface area (TPSA) is 49.6 Å². The highest BCUT2D eigenvalue weighted by Crippen LogP contribution is 2.24. The van der Waals surface area contributed by atoms with E-state index in [4.69, 9.17) is 5.73 Å². The summed E-state index contributed by atoms with van der Waals surface area (Å²) in [6, 6.07) is 16.3. The molecule has 2 atom stereocenters. The maximum atomic E-state index is 13.9. The van der Waals surface area contributed by atoms with Gasteiger partial charge in [0.15, 0.2) is 0 Å². The fourth-order valence-electron chi connectivity index (χ4n) is 3.90. The largest absolute Gasteiger partial charge is 0.337 e. The lowest BCUT2D eigenvalue weighted by molar-refractivity contribution is -0.132. The molecule has 0 bridgehead atoms. The minimum atomic E-state index is -0.407. The standard InChI is InChI=1S/C23H30FN3O/c1-26(23(28)16-20(25)15-19-11-5-6-12-21(19)24)22(17-27-13-7-8-14-27)18-9-3-2-4-10-18/h2-6,9-12,20,22H,7-8,13-17,25H2,1H3/t20-,22?/m1/s1. The van der Waals surface area contributed by atoms with E-state index in [2.05, 4.69) is 17.0 Å². The third-order valence-corrected chi connectivity index (χ3v) is 5.55. The van der Waals surface area contributed by atoms with E-state index >= 15 is 0 Å². The number of carbonyl (C=O) groups excluding carboxylic acids is 1. The second-order valence-electron chi connectivity index (χ2n) is 7.70. The third-order valence-electron chi connectivity index (χ3n) is 5.55. The molecule has 1 aliphatic heterocycles. The number of nitrogens with zero attached hydrogens (tertiary/aromatic N) is 2. The Labute approximate surface area is 167 Å². The number of likely N-dealkylation sites (N-methyl/N-ethyl adjacent to an activating group) is 1. The quantitative estimate of drug-likeness (QED) is 0.760. The van der Waals surface area contributed by atoms with Gasteiger partial charge in [0.2, 0.25) is 5.91 Å². The van der Waals surface area contributed by atoms with E-state index in [1.54, 1.807) is 18.2 Å². The van der Waals surface area contributed by atoms with Gasteiger partial charge < -0.3 is 15.5 Å². The van der Waals surface area contributed by atoms with Gasteiger partial charge in [-0.3, -0.25) is 4.79 Å². The van der Waals surface area contributed by atoms with Crippen molar-refractivity contribution in [3.63, 3.8) is 0 Å². The zero-order valence-electron chi connectivity index (χ0n) is 16.6. The maximum Gasteiger partial charge on any atom is 0.224 e. The molecule has 4 nitrogen and oxygen atoms in total. The van der Waals surface area contributed by atoms with Crippen LogP contribution in [-0.2, 0) is 11.2 Å². The number of carbonyl (C=O) groups is 1. The van der Waals surface area contributed by atoms with E-state index in [9.17, 15) is 9.18 Å². The molecule has 0 aromatic heterocycles. The van der Waals surface area contributed by atoms with Gasteiger partial charge in [-0.05, 0) is 49.5 Å². The summed E-state index contributed by atoms with van der Waals surface area (Å²) >= 11 is 0. The van der Waals surface area contributed by atoms with Crippen LogP contribution >= 0.6 is 0 Å². The molecule has 1 fully saturated rings. The highest BCUT2D eigenvalue weighted by Gasteiger charge is 2.26. The molecule has 1 heterocycles. The smallest absolute Gasteiger partial charge is 0.224 e. The monoisotopic (exact) mass is 383 g/mol. The van der Waals surface area contributed by atoms with Gasteiger partial charge in [0.05, 0.1) is 6.04 Å². The average Bonchev–Trinajstić information content (AvgIpc) is 3.21. The van der Waals surface area contributed by atoms with Gasteiger partial charge in [-0.25, -0.2) is 4.39 Å². The first-order valence-electron chi connectivity index (χ1n) is 10.1. The van der Waals surface area contributed by atoms with E-state index in [0.29, 0.717) is 12.0 Å². The Morgan fingerprint density at radius 3 is 2.43 bits per heavy atom. The van der Waals surface area contributed by atoms with E-state index in [0.717, 1.165) is 25.2 Å². The summed E-state index contributed by atoms with van der Waals surface area (Å²) in [6.07, 6.45) is 2.99. The van der Waals surface area contributed by atoms with Crippen LogP contribution in [0.2, 0.25) is 0 Å². The Morgan fingerprint density at radius 1 is 1.11 bits per heavy atom. The molecule has 1 amide bonds. The summed E-state index contributed by atoms with van der Waals surface area (Å²) in [5.41, 5.74) is 7.88. The van der Waals surface area contributed by atoms with Crippen molar-refractivity contribution < 1.29 is 9.18 Å². The Balaban J connectivity index is 1.66. The molecular formula is C23H30FN3O. The summed E-state index contributed by atoms with van der Waals surface area (Å²) in [7, 11) is 1.85. The van der Waals surface area contributed by atoms with Crippen molar-refractivity contribution in [2.75, 3.05) is 26.7 Å². The molecule has 0 saturated carbocycles. The van der Waals surface area contributed by atoms with Gasteiger partial charge in [-0.15, -0.1) is 0 Å². The SMILES string of the molecule is CN(C(=O)C[C@H](N)Cc1ccccc1F)C(CN1CCCC1)c1ccccc1. The van der Waals surface area contributed by atoms with Crippen LogP contribution in [0.1, 0.15) is 36.4 Å². The zero-order valence-corrected chi connectivity index (χ0v) is 16.6. The molecule has 0 aliphatic carbocycles. The Hall–Kier alpha value is -2.24. The molecule has 1 aliphatic rings. The van der Waals surface area contributed by atoms with Crippen LogP contribution in [-0.4, -0.2) is 48.4 Å². The second kappa shape index (κ2) is 9.80. The molecular weight excluding hydrogens is 353 g/mol. The van der Waals surface area contributed by atoms with Crippen molar-refractivity contribution in [1.82, 2.24) is 9.80 Å². The fraction of sp³-hybridized carbons (Fsp3) is 0.435. The fourth-order valence-corrected chi connectivity index (χ4v) is 3.90. The lowest BCUT2D eigenvalue weighted by atomic mass is 10.0. The molecule has 28 heavy (non-hydrogen) atoms. The predicted octanol–water partition coefficient (Wildman–Crippen LogP) is 3.38. The summed E-state index contributed by atoms with van der Waals surface area (Å²) in [5.74, 6) is -0.271. The van der Waals surface area contributed by atoms with E-state index < -0.39 is 6.04 Å². The minimum absolute atomic E-state index is 0.00288. The van der Waals surface area contributed by atoms with Crippen molar-refractivity contribution in [2.45, 2.75) is 37.8 Å². The van der Waals surface area contributed by atoms with Crippen LogP contribution in [0.3, 0.4) is 0 Å². The average molecular weight is 384 g/mol. The van der Waals surface area contributed by atoms with E-state index in [1.165, 1.54) is 18.9 Å². The minimum Gasteiger partial charge on any atom is -0.337 e. The Kier molecular flexibility index (Phi) is 7.18. The van der Waals surface area contributed by atoms with Gasteiger partial charge in [-0.1, -0.05) is 48.5 Å². The molecule has 3 rings (SSSR count). The van der Waals surface area contributed by atoms with Crippen molar-refractivity contribution in [2.24, 2.45) is 5.73 Å². The molecule has 0 radical (unpaired) electrons. The number of amides is 1. The van der Waals surface area contributed by atoms with Gasteiger partial charge in [0.1, 0.15) is 5.82 Å². The molecule has 2 N–H and O–H groups in total. The third kappa shape index (κ3) is 5.40. The van der Waals surface area contributed by atoms with Crippen molar-refractivity contribution in [3.8, 4) is 0 Å². The molecule has 0 spiro atoms. The number of benzene rings is 2. The van der Waals surface area contributed by atoms with Gasteiger partial charge in [-0.2, -0.15) is 0 Å². The number of nitrogens with two attached hydrogens (primary N) is 1. The van der Waals surface area contributed by atoms with Crippen LogP contribution in [0, 0.1) is 5.82 Å². The van der Waals surface area contributed by atoms with Crippen LogP contribution in [0.25, 0.3) is 0 Å². The number of rotatable bonds is 8. The molecule has 2 aromatic carbocycles. The summed E-state index contributed by atoms with van der Waals surface area (Å²) in [4.78, 5) is 17.2. The van der Waals surface area contributed by atoms with Gasteiger partial charge >= 0.3 is 0 Å². The maximum absolute atomic E-state index is 13.9. The zero-order chi connectivity index (χ0) is 19.9. The van der Waals surface area contributed by atoms with E-state index in [-0.39, 0.29) is 24.2 Å². The van der Waals surface area contributed by atoms with Crippen molar-refractivity contribution in [3.05, 3.63) is 71.5 Å². The lowest BCUT2D eigenvalue weighted by Crippen LogP contribution is -2.41. The highest BCUT2D eigenvalue weighted by molar-refractivity contribution is 5.77. The Morgan fingerprint density at radius 2 is 1.75 bits per heavy atom. The molecule has 5 heteroatoms. The number of likely N-dealkylation sites (tertiary alicyclic amines) is 1. The second-order valence-corrected chi connectivity index (χ2v) is 7.70. The van der Waals surface area contributed by atoms with Gasteiger partial charge in [0.25, 0.3) is 0 Å². The first kappa shape index (κ1) is 20.5. The summed E-state index contributed by atoms with van der Waals surface area (Å²) in [6.45, 7) is 2.99. The van der Waals surface area contributed by atoms with Crippen LogP contribution < -0.4 is 5.73 Å². The molecule has 2 aromatic rings. The normalized spacial score (nSPS) is 16.7. The van der Waals surface area contributed by atoms with E-state index in [1.807, 2.05) is 30.1 Å². The van der Waals surface area contributed by atoms with Crippen LogP contribution in [0.4, 0.5) is 4.39 Å². The highest BCUT2D eigenvalue weighted by atomic mass is 19.1. The first-order chi connectivity index (χ1) is 13.5. The predicted molar refractivity (Wildman–Crippen MR) is 110 cm³/mol. The number of halogens is 1. The Bertz CT molecular complexity index is 761.